The molecule has 0 aromatic carbocycles. The highest BCUT2D eigenvalue weighted by Crippen LogP contribution is 1.96. The first-order valence-corrected chi connectivity index (χ1v) is 4.03. The molecule has 0 spiro atoms. The third-order valence-corrected chi connectivity index (χ3v) is 1.37. The van der Waals surface area contributed by atoms with Gasteiger partial charge in [0.25, 0.3) is 0 Å². The zero-order valence-corrected chi connectivity index (χ0v) is 7.11. The van der Waals surface area contributed by atoms with E-state index in [4.69, 9.17) is 11.6 Å². The fourth-order valence-electron chi connectivity index (χ4n) is 0.662. The summed E-state index contributed by atoms with van der Waals surface area (Å²) in [6.45, 7) is 0. The first-order chi connectivity index (χ1) is 5.83. The van der Waals surface area contributed by atoms with Gasteiger partial charge in [-0.25, -0.2) is 4.98 Å². The lowest BCUT2D eigenvalue weighted by Gasteiger charge is -1.87. The van der Waals surface area contributed by atoms with E-state index in [-0.39, 0.29) is 0 Å². The molecule has 0 atom stereocenters. The van der Waals surface area contributed by atoms with Crippen molar-refractivity contribution in [1.82, 2.24) is 4.98 Å². The zero-order chi connectivity index (χ0) is 8.81. The maximum Gasteiger partial charge on any atom is 0.212 e. The summed E-state index contributed by atoms with van der Waals surface area (Å²) in [5.41, 5.74) is 0.710. The quantitative estimate of drug-likeness (QED) is 0.370. The minimum Gasteiger partial charge on any atom is -0.227 e. The van der Waals surface area contributed by atoms with Gasteiger partial charge in [0.1, 0.15) is 0 Å². The summed E-state index contributed by atoms with van der Waals surface area (Å²) in [6.07, 6.45) is 2.04. The highest BCUT2D eigenvalue weighted by Gasteiger charge is 1.88. The van der Waals surface area contributed by atoms with E-state index in [0.29, 0.717) is 17.9 Å². The second-order valence-electron chi connectivity index (χ2n) is 2.11. The molecule has 0 aliphatic heterocycles. The molecule has 62 valence electrons. The van der Waals surface area contributed by atoms with Crippen LogP contribution in [0, 0.1) is 17.8 Å². The van der Waals surface area contributed by atoms with Crippen LogP contribution in [0.2, 0.25) is 0 Å². The van der Waals surface area contributed by atoms with E-state index in [9.17, 15) is 4.39 Å². The van der Waals surface area contributed by atoms with E-state index >= 15 is 0 Å². The molecular formula is C9H7ClFN. The largest absolute Gasteiger partial charge is 0.227 e. The van der Waals surface area contributed by atoms with Crippen molar-refractivity contribution in [1.29, 1.82) is 0 Å². The van der Waals surface area contributed by atoms with E-state index in [2.05, 4.69) is 16.8 Å². The lowest BCUT2D eigenvalue weighted by molar-refractivity contribution is 0.583. The fourth-order valence-corrected chi connectivity index (χ4v) is 0.756. The number of hydrogen-bond acceptors (Lipinski definition) is 1. The average molecular weight is 184 g/mol. The predicted octanol–water partition coefficient (Wildman–Crippen LogP) is 2.20. The van der Waals surface area contributed by atoms with Crippen molar-refractivity contribution in [2.24, 2.45) is 0 Å². The summed E-state index contributed by atoms with van der Waals surface area (Å²) in [6, 6.07) is 2.87. The second kappa shape index (κ2) is 4.74. The first kappa shape index (κ1) is 9.02. The normalized spacial score (nSPS) is 8.83. The van der Waals surface area contributed by atoms with Crippen molar-refractivity contribution in [2.45, 2.75) is 6.42 Å². The Balaban J connectivity index is 2.66. The minimum absolute atomic E-state index is 0.488. The van der Waals surface area contributed by atoms with Crippen LogP contribution < -0.4 is 0 Å². The third-order valence-electron chi connectivity index (χ3n) is 1.18. The van der Waals surface area contributed by atoms with E-state index < -0.39 is 5.95 Å². The van der Waals surface area contributed by atoms with Gasteiger partial charge in [-0.05, 0) is 12.1 Å². The monoisotopic (exact) mass is 183 g/mol. The SMILES string of the molecule is Fc1ccc(C#CCCCl)cn1. The predicted molar refractivity (Wildman–Crippen MR) is 46.4 cm³/mol. The molecule has 1 aromatic heterocycles. The minimum atomic E-state index is -0.488. The summed E-state index contributed by atoms with van der Waals surface area (Å²) in [7, 11) is 0. The van der Waals surface area contributed by atoms with Gasteiger partial charge in [0.15, 0.2) is 0 Å². The molecule has 0 aliphatic rings. The number of aromatic nitrogens is 1. The van der Waals surface area contributed by atoms with E-state index in [0.717, 1.165) is 0 Å². The van der Waals surface area contributed by atoms with Crippen LogP contribution in [0.5, 0.6) is 0 Å². The molecule has 0 N–H and O–H groups in total. The topological polar surface area (TPSA) is 12.9 Å². The highest BCUT2D eigenvalue weighted by molar-refractivity contribution is 6.18. The van der Waals surface area contributed by atoms with Gasteiger partial charge in [0.2, 0.25) is 5.95 Å². The Morgan fingerprint density at radius 3 is 2.92 bits per heavy atom. The van der Waals surface area contributed by atoms with E-state index in [1.165, 1.54) is 12.3 Å². The van der Waals surface area contributed by atoms with Gasteiger partial charge < -0.3 is 0 Å². The van der Waals surface area contributed by atoms with Crippen molar-refractivity contribution in [3.63, 3.8) is 0 Å². The zero-order valence-electron chi connectivity index (χ0n) is 6.35. The number of hydrogen-bond donors (Lipinski definition) is 0. The third kappa shape index (κ3) is 2.89. The Bertz CT molecular complexity index is 297. The molecule has 1 rings (SSSR count). The maximum atomic E-state index is 12.3. The Kier molecular flexibility index (Phi) is 3.56. The molecule has 1 heterocycles. The van der Waals surface area contributed by atoms with Gasteiger partial charge in [-0.2, -0.15) is 4.39 Å². The Morgan fingerprint density at radius 2 is 2.33 bits per heavy atom. The van der Waals surface area contributed by atoms with Gasteiger partial charge in [0, 0.05) is 24.1 Å². The molecule has 1 aromatic rings. The van der Waals surface area contributed by atoms with Crippen LogP contribution in [0.3, 0.4) is 0 Å². The van der Waals surface area contributed by atoms with E-state index in [1.54, 1.807) is 6.07 Å². The van der Waals surface area contributed by atoms with Crippen LogP contribution in [0.4, 0.5) is 4.39 Å². The van der Waals surface area contributed by atoms with Gasteiger partial charge in [-0.15, -0.1) is 11.6 Å². The molecule has 0 bridgehead atoms. The molecule has 0 fully saturated rings. The van der Waals surface area contributed by atoms with E-state index in [1.807, 2.05) is 0 Å². The molecule has 3 heteroatoms. The summed E-state index contributed by atoms with van der Waals surface area (Å²) in [5, 5.41) is 0. The Labute approximate surface area is 75.6 Å². The van der Waals surface area contributed by atoms with Gasteiger partial charge >= 0.3 is 0 Å². The Hall–Kier alpha value is -1.07. The molecule has 0 unspecified atom stereocenters. The van der Waals surface area contributed by atoms with Crippen molar-refractivity contribution < 1.29 is 4.39 Å². The van der Waals surface area contributed by atoms with Crippen LogP contribution in [0.25, 0.3) is 0 Å². The maximum absolute atomic E-state index is 12.3. The number of nitrogens with zero attached hydrogens (tertiary/aromatic N) is 1. The van der Waals surface area contributed by atoms with Crippen LogP contribution in [0.1, 0.15) is 12.0 Å². The number of rotatable bonds is 1. The Morgan fingerprint density at radius 1 is 1.50 bits per heavy atom. The van der Waals surface area contributed by atoms with Crippen molar-refractivity contribution in [2.75, 3.05) is 5.88 Å². The molecular weight excluding hydrogens is 177 g/mol. The smallest absolute Gasteiger partial charge is 0.212 e. The molecule has 0 aliphatic carbocycles. The van der Waals surface area contributed by atoms with Crippen molar-refractivity contribution >= 4 is 11.6 Å². The van der Waals surface area contributed by atoms with Gasteiger partial charge in [-0.1, -0.05) is 11.8 Å². The van der Waals surface area contributed by atoms with Gasteiger partial charge in [-0.3, -0.25) is 0 Å². The molecule has 1 nitrogen and oxygen atoms in total. The summed E-state index contributed by atoms with van der Waals surface area (Å²) in [4.78, 5) is 3.46. The highest BCUT2D eigenvalue weighted by atomic mass is 35.5. The molecule has 12 heavy (non-hydrogen) atoms. The lowest BCUT2D eigenvalue weighted by atomic mass is 10.3. The molecule has 0 saturated carbocycles. The average Bonchev–Trinajstić information content (AvgIpc) is 2.09. The summed E-state index contributed by atoms with van der Waals surface area (Å²) < 4.78 is 12.3. The number of halogens is 2. The summed E-state index contributed by atoms with van der Waals surface area (Å²) >= 11 is 5.41. The molecule has 0 radical (unpaired) electrons. The second-order valence-corrected chi connectivity index (χ2v) is 2.49. The number of pyridine rings is 1. The van der Waals surface area contributed by atoms with Crippen LogP contribution in [-0.2, 0) is 0 Å². The molecule has 0 amide bonds. The van der Waals surface area contributed by atoms with Crippen LogP contribution in [0.15, 0.2) is 18.3 Å². The number of alkyl halides is 1. The first-order valence-electron chi connectivity index (χ1n) is 3.49. The fraction of sp³-hybridized carbons (Fsp3) is 0.222. The lowest BCUT2D eigenvalue weighted by Crippen LogP contribution is -1.82. The van der Waals surface area contributed by atoms with Crippen molar-refractivity contribution in [3.05, 3.63) is 29.8 Å². The van der Waals surface area contributed by atoms with Gasteiger partial charge in [0.05, 0.1) is 0 Å². The van der Waals surface area contributed by atoms with Crippen LogP contribution in [-0.4, -0.2) is 10.9 Å². The molecule has 0 saturated heterocycles. The standard InChI is InChI=1S/C9H7ClFN/c10-6-2-1-3-8-4-5-9(11)12-7-8/h4-5,7H,2,6H2. The summed E-state index contributed by atoms with van der Waals surface area (Å²) in [5.74, 6) is 5.66. The van der Waals surface area contributed by atoms with Crippen molar-refractivity contribution in [3.8, 4) is 11.8 Å². The van der Waals surface area contributed by atoms with Crippen LogP contribution >= 0.6 is 11.6 Å².